The Bertz CT molecular complexity index is 3180. The lowest BCUT2D eigenvalue weighted by atomic mass is 9.93. The van der Waals surface area contributed by atoms with Crippen molar-refractivity contribution in [3.8, 4) is 23.0 Å². The molecule has 3 aromatic heterocycles. The Balaban J connectivity index is 1.45. The van der Waals surface area contributed by atoms with Crippen LogP contribution in [0.4, 0.5) is 49.7 Å². The molecular formula is C41H35ClF10N8O6S2. The molecule has 7 rings (SSSR count). The highest BCUT2D eigenvalue weighted by atomic mass is 35.5. The Kier molecular flexibility index (Phi) is 12.7. The Hall–Kier alpha value is -5.94. The predicted octanol–water partition coefficient (Wildman–Crippen LogP) is 6.78. The van der Waals surface area contributed by atoms with Gasteiger partial charge in [0, 0.05) is 42.0 Å². The lowest BCUT2D eigenvalue weighted by Crippen LogP contribution is -2.35. The number of alkyl halides is 8. The number of halogens is 11. The number of rotatable bonds is 13. The number of nitrogens with one attached hydrogen (secondary N) is 3. The summed E-state index contributed by atoms with van der Waals surface area (Å²) in [6, 6.07) is 4.97. The van der Waals surface area contributed by atoms with E-state index in [2.05, 4.69) is 37.7 Å². The summed E-state index contributed by atoms with van der Waals surface area (Å²) in [5.74, 6) is -7.96. The molecule has 0 saturated heterocycles. The highest BCUT2D eigenvalue weighted by Crippen LogP contribution is 2.68. The molecule has 14 nitrogen and oxygen atoms in total. The second-order valence-electron chi connectivity index (χ2n) is 16.6. The number of benzene rings is 2. The van der Waals surface area contributed by atoms with Crippen molar-refractivity contribution in [3.05, 3.63) is 93.0 Å². The molecular weight excluding hydrogens is 990 g/mol. The van der Waals surface area contributed by atoms with E-state index in [0.717, 1.165) is 37.6 Å². The zero-order valence-corrected chi connectivity index (χ0v) is 37.9. The van der Waals surface area contributed by atoms with Gasteiger partial charge in [0.1, 0.15) is 46.6 Å². The van der Waals surface area contributed by atoms with Crippen LogP contribution in [0.25, 0.3) is 22.0 Å². The maximum Gasteiger partial charge on any atom is 0.435 e. The van der Waals surface area contributed by atoms with Crippen molar-refractivity contribution in [2.24, 2.45) is 5.92 Å². The smallest absolute Gasteiger partial charge is 0.358 e. The predicted molar refractivity (Wildman–Crippen MR) is 224 cm³/mol. The number of aromatic nitrogens is 5. The van der Waals surface area contributed by atoms with Gasteiger partial charge in [0.15, 0.2) is 21.3 Å². The molecule has 5 aromatic rings. The molecule has 364 valence electrons. The van der Waals surface area contributed by atoms with Crippen molar-refractivity contribution in [2.75, 3.05) is 23.8 Å². The molecule has 0 radical (unpaired) electrons. The van der Waals surface area contributed by atoms with E-state index in [1.54, 1.807) is 0 Å². The van der Waals surface area contributed by atoms with E-state index in [1.165, 1.54) is 26.0 Å². The van der Waals surface area contributed by atoms with Crippen LogP contribution in [0.3, 0.4) is 0 Å². The highest BCUT2D eigenvalue weighted by molar-refractivity contribution is 7.93. The van der Waals surface area contributed by atoms with E-state index in [-0.39, 0.29) is 38.5 Å². The number of hydrogen-bond donors (Lipinski definition) is 3. The zero-order valence-electron chi connectivity index (χ0n) is 35.5. The molecule has 0 bridgehead atoms. The monoisotopic (exact) mass is 1020 g/mol. The molecule has 68 heavy (non-hydrogen) atoms. The van der Waals surface area contributed by atoms with Gasteiger partial charge in [0.2, 0.25) is 21.8 Å². The quantitative estimate of drug-likeness (QED) is 0.0845. The van der Waals surface area contributed by atoms with Crippen LogP contribution in [-0.2, 0) is 61.1 Å². The summed E-state index contributed by atoms with van der Waals surface area (Å²) in [4.78, 5) is 30.6. The van der Waals surface area contributed by atoms with E-state index in [0.29, 0.717) is 10.7 Å². The van der Waals surface area contributed by atoms with Crippen LogP contribution in [0.15, 0.2) is 42.5 Å². The molecule has 2 aliphatic carbocycles. The van der Waals surface area contributed by atoms with Crippen molar-refractivity contribution < 1.29 is 70.3 Å². The van der Waals surface area contributed by atoms with E-state index in [4.69, 9.17) is 11.6 Å². The van der Waals surface area contributed by atoms with E-state index >= 15 is 8.78 Å². The van der Waals surface area contributed by atoms with E-state index in [9.17, 15) is 61.5 Å². The summed E-state index contributed by atoms with van der Waals surface area (Å²) < 4.78 is 198. The summed E-state index contributed by atoms with van der Waals surface area (Å²) in [5.41, 5.74) is -5.54. The summed E-state index contributed by atoms with van der Waals surface area (Å²) in [5, 5.41) is 10.9. The van der Waals surface area contributed by atoms with Crippen LogP contribution in [0.5, 0.6) is 0 Å². The summed E-state index contributed by atoms with van der Waals surface area (Å²) in [7, 11) is -7.45. The molecule has 3 atom stereocenters. The maximum absolute atomic E-state index is 15.5. The van der Waals surface area contributed by atoms with Gasteiger partial charge in [0.25, 0.3) is 5.92 Å². The molecule has 1 fully saturated rings. The Morgan fingerprint density at radius 1 is 0.941 bits per heavy atom. The van der Waals surface area contributed by atoms with Crippen molar-refractivity contribution in [3.63, 3.8) is 0 Å². The number of carbonyl (C=O) groups is 2. The number of pyridine rings is 1. The van der Waals surface area contributed by atoms with E-state index in [1.807, 2.05) is 4.72 Å². The topological polar surface area (TPSA) is 187 Å². The molecule has 0 unspecified atom stereocenters. The minimum Gasteiger partial charge on any atom is -0.358 e. The lowest BCUT2D eigenvalue weighted by Gasteiger charge is -2.23. The number of nitrogens with zero attached hydrogens (tertiary/aromatic N) is 5. The summed E-state index contributed by atoms with van der Waals surface area (Å²) in [6.45, 7) is -0.684. The first kappa shape index (κ1) is 50.0. The van der Waals surface area contributed by atoms with Gasteiger partial charge in [-0.25, -0.2) is 30.6 Å². The number of amides is 2. The van der Waals surface area contributed by atoms with Crippen LogP contribution >= 0.6 is 11.6 Å². The first-order valence-electron chi connectivity index (χ1n) is 19.8. The number of carbonyl (C=O) groups excluding carboxylic acids is 2. The zero-order chi connectivity index (χ0) is 50.3. The standard InChI is InChI=1S/C41H35ClF10N8O6S2/c1-38(2,67(4,63)64)10-9-22-5-6-23(24-7-8-27(42)32-34(24)60(18-39(45,46)47)57-37(32)58-68(65,66)17-30(62)53-3)33(54-22)28(13-19-11-20(43)14-21(44)12-19)55-29(61)16-59-36-31(35(56-59)41(50,51)52)25-15-26(25)40(36,48)49/h5-8,11-12,14,25-26,28H,13,15-18H2,1-4H3,(H,53,62)(H,55,61)(H,57,58)/t25-,26+,28-/m0/s1. The normalized spacial score (nSPS) is 17.2. The minimum atomic E-state index is -5.21. The average Bonchev–Trinajstić information content (AvgIpc) is 3.72. The van der Waals surface area contributed by atoms with Crippen LogP contribution < -0.4 is 15.4 Å². The van der Waals surface area contributed by atoms with Gasteiger partial charge in [-0.05, 0) is 74.4 Å². The number of fused-ring (bicyclic) bond motifs is 4. The maximum atomic E-state index is 15.5. The molecule has 2 aliphatic rings. The largest absolute Gasteiger partial charge is 0.435 e. The first-order valence-corrected chi connectivity index (χ1v) is 23.7. The molecule has 2 aromatic carbocycles. The first-order chi connectivity index (χ1) is 31.3. The van der Waals surface area contributed by atoms with Crippen LogP contribution in [0, 0.1) is 29.4 Å². The third-order valence-electron chi connectivity index (χ3n) is 11.2. The number of anilines is 1. The Labute approximate surface area is 384 Å². The van der Waals surface area contributed by atoms with Crippen LogP contribution in [0.2, 0.25) is 5.02 Å². The fraction of sp³-hybridized carbons (Fsp3) is 0.390. The molecule has 0 spiro atoms. The minimum absolute atomic E-state index is 0.202. The third-order valence-corrected chi connectivity index (χ3v) is 14.6. The van der Waals surface area contributed by atoms with Gasteiger partial charge in [-0.2, -0.15) is 45.3 Å². The van der Waals surface area contributed by atoms with Crippen LogP contribution in [0.1, 0.15) is 66.1 Å². The second-order valence-corrected chi connectivity index (χ2v) is 21.3. The molecule has 3 heterocycles. The molecule has 2 amide bonds. The van der Waals surface area contributed by atoms with Gasteiger partial charge in [-0.1, -0.05) is 23.6 Å². The van der Waals surface area contributed by atoms with Gasteiger partial charge in [-0.3, -0.25) is 23.7 Å². The summed E-state index contributed by atoms with van der Waals surface area (Å²) >= 11 is 6.51. The third kappa shape index (κ3) is 10.1. The van der Waals surface area contributed by atoms with E-state index < -0.39 is 149 Å². The fourth-order valence-corrected chi connectivity index (χ4v) is 9.25. The molecule has 3 N–H and O–H groups in total. The second kappa shape index (κ2) is 17.2. The van der Waals surface area contributed by atoms with Crippen molar-refractivity contribution in [1.82, 2.24) is 35.2 Å². The van der Waals surface area contributed by atoms with Crippen LogP contribution in [-0.4, -0.2) is 83.2 Å². The number of hydrogen-bond acceptors (Lipinski definition) is 9. The number of sulfone groups is 1. The van der Waals surface area contributed by atoms with Crippen molar-refractivity contribution in [1.29, 1.82) is 0 Å². The summed E-state index contributed by atoms with van der Waals surface area (Å²) in [6.07, 6.45) is -10.3. The van der Waals surface area contributed by atoms with Crippen molar-refractivity contribution in [2.45, 2.75) is 74.8 Å². The highest BCUT2D eigenvalue weighted by Gasteiger charge is 2.68. The average molecular weight is 1030 g/mol. The van der Waals surface area contributed by atoms with Gasteiger partial charge in [-0.15, -0.1) is 0 Å². The Morgan fingerprint density at radius 2 is 1.59 bits per heavy atom. The number of sulfonamides is 1. The fourth-order valence-electron chi connectivity index (χ4n) is 7.78. The molecule has 1 saturated carbocycles. The lowest BCUT2D eigenvalue weighted by molar-refractivity contribution is -0.142. The SMILES string of the molecule is CNC(=O)CS(=O)(=O)Nc1nn(CC(F)(F)F)c2c(-c3ccc(C#CC(C)(C)S(C)(=O)=O)nc3[C@H](Cc3cc(F)cc(F)c3)NC(=O)Cn3nc(C(F)(F)F)c4c3C(F)(F)[C@@H]3C[C@H]43)ccc(Cl)c12. The Morgan fingerprint density at radius 3 is 2.19 bits per heavy atom. The van der Waals surface area contributed by atoms with Crippen molar-refractivity contribution >= 4 is 60.0 Å². The van der Waals surface area contributed by atoms with Gasteiger partial charge >= 0.3 is 12.4 Å². The molecule has 0 aliphatic heterocycles. The molecule has 27 heteroatoms. The van der Waals surface area contributed by atoms with Gasteiger partial charge in [0.05, 0.1) is 27.7 Å². The van der Waals surface area contributed by atoms with Gasteiger partial charge < -0.3 is 10.6 Å².